The molecule has 28 heavy (non-hydrogen) atoms. The molecule has 4 rings (SSSR count). The van der Waals surface area contributed by atoms with Crippen molar-refractivity contribution >= 4 is 27.6 Å². The third-order valence-electron chi connectivity index (χ3n) is 4.78. The maximum absolute atomic E-state index is 11.0. The molecule has 1 aliphatic carbocycles. The summed E-state index contributed by atoms with van der Waals surface area (Å²) < 4.78 is 22.5. The van der Waals surface area contributed by atoms with Crippen molar-refractivity contribution in [3.05, 3.63) is 12.1 Å². The summed E-state index contributed by atoms with van der Waals surface area (Å²) >= 11 is 1.43. The Morgan fingerprint density at radius 1 is 1.32 bits per heavy atom. The molecule has 8 nitrogen and oxygen atoms in total. The molecular weight excluding hydrogens is 382 g/mol. The minimum atomic E-state index is -0.0304. The van der Waals surface area contributed by atoms with Crippen molar-refractivity contribution in [3.63, 3.8) is 0 Å². The van der Waals surface area contributed by atoms with E-state index in [0.717, 1.165) is 23.2 Å². The van der Waals surface area contributed by atoms with Crippen LogP contribution in [0.1, 0.15) is 26.7 Å². The van der Waals surface area contributed by atoms with Gasteiger partial charge in [0, 0.05) is 19.0 Å². The first-order valence-electron chi connectivity index (χ1n) is 9.58. The van der Waals surface area contributed by atoms with Gasteiger partial charge in [-0.05, 0) is 31.7 Å². The molecule has 9 heteroatoms. The van der Waals surface area contributed by atoms with E-state index in [0.29, 0.717) is 43.4 Å². The second kappa shape index (κ2) is 8.59. The number of hydrogen-bond acceptors (Lipinski definition) is 8. The van der Waals surface area contributed by atoms with E-state index < -0.39 is 0 Å². The first-order chi connectivity index (χ1) is 13.5. The molecular formula is C19H25N3O5S. The fourth-order valence-electron chi connectivity index (χ4n) is 3.15. The number of pyridine rings is 1. The molecule has 152 valence electrons. The second-order valence-corrected chi connectivity index (χ2v) is 8.38. The first kappa shape index (κ1) is 19.4. The van der Waals surface area contributed by atoms with Crippen LogP contribution in [0.4, 0.5) is 0 Å². The molecule has 3 heterocycles. The third-order valence-corrected chi connectivity index (χ3v) is 5.63. The van der Waals surface area contributed by atoms with Crippen molar-refractivity contribution in [2.75, 3.05) is 26.4 Å². The lowest BCUT2D eigenvalue weighted by Crippen LogP contribution is -2.40. The van der Waals surface area contributed by atoms with Gasteiger partial charge in [0.15, 0.2) is 4.83 Å². The quantitative estimate of drug-likeness (QED) is 0.681. The largest absolute Gasteiger partial charge is 0.477 e. The van der Waals surface area contributed by atoms with E-state index in [-0.39, 0.29) is 24.2 Å². The molecule has 0 unspecified atom stereocenters. The summed E-state index contributed by atoms with van der Waals surface area (Å²) in [6.07, 6.45) is 2.29. The summed E-state index contributed by atoms with van der Waals surface area (Å²) in [5.74, 6) is 1.05. The summed E-state index contributed by atoms with van der Waals surface area (Å²) in [6.45, 7) is 5.87. The van der Waals surface area contributed by atoms with Crippen LogP contribution in [0.25, 0.3) is 10.3 Å². The Kier molecular flexibility index (Phi) is 5.93. The van der Waals surface area contributed by atoms with Gasteiger partial charge in [-0.25, -0.2) is 9.97 Å². The van der Waals surface area contributed by atoms with Gasteiger partial charge in [-0.15, -0.1) is 0 Å². The van der Waals surface area contributed by atoms with Crippen molar-refractivity contribution in [3.8, 4) is 11.1 Å². The van der Waals surface area contributed by atoms with Gasteiger partial charge in [-0.1, -0.05) is 11.3 Å². The van der Waals surface area contributed by atoms with Crippen molar-refractivity contribution in [2.24, 2.45) is 5.92 Å². The molecule has 0 aromatic carbocycles. The highest BCUT2D eigenvalue weighted by atomic mass is 32.1. The maximum Gasteiger partial charge on any atom is 0.276 e. The lowest BCUT2D eigenvalue weighted by atomic mass is 9.83. The summed E-state index contributed by atoms with van der Waals surface area (Å²) in [5, 5.41) is 3.45. The monoisotopic (exact) mass is 407 g/mol. The van der Waals surface area contributed by atoms with Gasteiger partial charge in [-0.2, -0.15) is 0 Å². The van der Waals surface area contributed by atoms with E-state index in [1.54, 1.807) is 0 Å². The van der Waals surface area contributed by atoms with Gasteiger partial charge in [0.05, 0.1) is 32.5 Å². The number of ether oxygens (including phenoxy) is 4. The molecule has 2 aromatic rings. The average molecular weight is 407 g/mol. The molecule has 1 saturated heterocycles. The van der Waals surface area contributed by atoms with Crippen LogP contribution in [0.2, 0.25) is 0 Å². The Balaban J connectivity index is 1.19. The fourth-order valence-corrected chi connectivity index (χ4v) is 4.00. The van der Waals surface area contributed by atoms with E-state index in [1.165, 1.54) is 18.3 Å². The molecule has 0 bridgehead atoms. The first-order valence-corrected chi connectivity index (χ1v) is 10.4. The summed E-state index contributed by atoms with van der Waals surface area (Å²) in [5.41, 5.74) is 0.818. The number of rotatable bonds is 9. The van der Waals surface area contributed by atoms with Crippen LogP contribution in [0.15, 0.2) is 12.1 Å². The zero-order chi connectivity index (χ0) is 19.5. The molecule has 0 radical (unpaired) electrons. The molecule has 1 saturated carbocycles. The fraction of sp³-hybridized carbons (Fsp3) is 0.632. The van der Waals surface area contributed by atoms with Crippen molar-refractivity contribution < 1.29 is 23.7 Å². The van der Waals surface area contributed by atoms with Gasteiger partial charge in [0.2, 0.25) is 11.8 Å². The molecule has 1 aliphatic heterocycles. The standard InChI is InChI=1S/C19H25N3O5S/c1-11(20-12(2)23)7-25-14-5-13(6-14)8-26-17-4-3-16-18(22-17)28-19(21-16)27-15-9-24-10-15/h3-4,11,13-15H,5-10H2,1-2H3,(H,20,23)/t11-,13?,14?/m0/s1. The number of carbonyl (C=O) groups is 1. The Hall–Kier alpha value is -1.97. The van der Waals surface area contributed by atoms with Gasteiger partial charge in [0.1, 0.15) is 11.6 Å². The smallest absolute Gasteiger partial charge is 0.276 e. The Morgan fingerprint density at radius 3 is 2.86 bits per heavy atom. The minimum absolute atomic E-state index is 0.0304. The van der Waals surface area contributed by atoms with Crippen LogP contribution in [-0.4, -0.2) is 60.6 Å². The van der Waals surface area contributed by atoms with Gasteiger partial charge >= 0.3 is 0 Å². The van der Waals surface area contributed by atoms with Crippen LogP contribution in [0.3, 0.4) is 0 Å². The normalized spacial score (nSPS) is 22.9. The van der Waals surface area contributed by atoms with Crippen molar-refractivity contribution in [2.45, 2.75) is 44.9 Å². The molecule has 1 N–H and O–H groups in total. The SMILES string of the molecule is CC(=O)N[C@@H](C)COC1CC(COc2ccc3nc(OC4COC4)sc3n2)C1. The van der Waals surface area contributed by atoms with E-state index in [9.17, 15) is 4.79 Å². The van der Waals surface area contributed by atoms with Gasteiger partial charge < -0.3 is 24.3 Å². The molecule has 2 fully saturated rings. The van der Waals surface area contributed by atoms with Crippen LogP contribution in [0.5, 0.6) is 11.1 Å². The summed E-state index contributed by atoms with van der Waals surface area (Å²) in [4.78, 5) is 20.8. The Morgan fingerprint density at radius 2 is 2.14 bits per heavy atom. The number of nitrogens with one attached hydrogen (secondary N) is 1. The number of hydrogen-bond donors (Lipinski definition) is 1. The van der Waals surface area contributed by atoms with Crippen LogP contribution in [0, 0.1) is 5.92 Å². The Labute approximate surface area is 167 Å². The lowest BCUT2D eigenvalue weighted by molar-refractivity contribution is -0.120. The molecule has 1 amide bonds. The van der Waals surface area contributed by atoms with Crippen LogP contribution >= 0.6 is 11.3 Å². The van der Waals surface area contributed by atoms with E-state index in [1.807, 2.05) is 19.1 Å². The highest BCUT2D eigenvalue weighted by Gasteiger charge is 2.31. The zero-order valence-electron chi connectivity index (χ0n) is 16.1. The predicted octanol–water partition coefficient (Wildman–Crippen LogP) is 2.17. The number of aromatic nitrogens is 2. The molecule has 1 atom stereocenters. The minimum Gasteiger partial charge on any atom is -0.477 e. The van der Waals surface area contributed by atoms with E-state index in [4.69, 9.17) is 18.9 Å². The number of thiazole rings is 1. The predicted molar refractivity (Wildman–Crippen MR) is 104 cm³/mol. The van der Waals surface area contributed by atoms with Crippen molar-refractivity contribution in [1.82, 2.24) is 15.3 Å². The number of fused-ring (bicyclic) bond motifs is 1. The second-order valence-electron chi connectivity index (χ2n) is 7.44. The van der Waals surface area contributed by atoms with Crippen LogP contribution in [-0.2, 0) is 14.3 Å². The molecule has 0 spiro atoms. The maximum atomic E-state index is 11.0. The number of amides is 1. The average Bonchev–Trinajstić information content (AvgIpc) is 2.97. The van der Waals surface area contributed by atoms with Crippen LogP contribution < -0.4 is 14.8 Å². The topological polar surface area (TPSA) is 91.8 Å². The number of carbonyl (C=O) groups excluding carboxylic acids is 1. The van der Waals surface area contributed by atoms with Gasteiger partial charge in [-0.3, -0.25) is 4.79 Å². The highest BCUT2D eigenvalue weighted by Crippen LogP contribution is 2.32. The molecule has 2 aromatic heterocycles. The van der Waals surface area contributed by atoms with E-state index >= 15 is 0 Å². The lowest BCUT2D eigenvalue weighted by Gasteiger charge is -2.35. The Bertz CT molecular complexity index is 819. The van der Waals surface area contributed by atoms with E-state index in [2.05, 4.69) is 15.3 Å². The summed E-state index contributed by atoms with van der Waals surface area (Å²) in [7, 11) is 0. The zero-order valence-corrected chi connectivity index (χ0v) is 16.9. The molecule has 2 aliphatic rings. The van der Waals surface area contributed by atoms with Gasteiger partial charge in [0.25, 0.3) is 5.19 Å². The number of nitrogens with zero attached hydrogens (tertiary/aromatic N) is 2. The highest BCUT2D eigenvalue weighted by molar-refractivity contribution is 7.19. The van der Waals surface area contributed by atoms with Crippen molar-refractivity contribution in [1.29, 1.82) is 0 Å². The summed E-state index contributed by atoms with van der Waals surface area (Å²) in [6, 6.07) is 3.79. The third kappa shape index (κ3) is 4.89.